The number of hydrogen-bond donors (Lipinski definition) is 2. The molecular formula is C11H10N8OS2. The van der Waals surface area contributed by atoms with Crippen LogP contribution in [0.25, 0.3) is 5.69 Å². The Balaban J connectivity index is 1.63. The molecule has 2 aromatic heterocycles. The van der Waals surface area contributed by atoms with Crippen molar-refractivity contribution in [3.05, 3.63) is 30.3 Å². The van der Waals surface area contributed by atoms with Gasteiger partial charge in [-0.3, -0.25) is 10.1 Å². The Morgan fingerprint density at radius 2 is 2.18 bits per heavy atom. The molecule has 0 fully saturated rings. The van der Waals surface area contributed by atoms with Gasteiger partial charge in [0.15, 0.2) is 0 Å². The van der Waals surface area contributed by atoms with Crippen LogP contribution in [-0.2, 0) is 4.79 Å². The van der Waals surface area contributed by atoms with Crippen molar-refractivity contribution in [2.24, 2.45) is 0 Å². The zero-order chi connectivity index (χ0) is 15.4. The standard InChI is InChI=1S/C11H10N8OS2/c12-9-14-10(16-22-9)13-8(20)6-21-11-15-17-18-19(11)7-4-2-1-3-5-7/h1-5H,6H2,(H3,12,13,14,16,20). The fourth-order valence-electron chi connectivity index (χ4n) is 1.58. The molecule has 1 aromatic carbocycles. The summed E-state index contributed by atoms with van der Waals surface area (Å²) in [6.07, 6.45) is 0. The van der Waals surface area contributed by atoms with Crippen molar-refractivity contribution in [2.45, 2.75) is 5.16 Å². The van der Waals surface area contributed by atoms with E-state index in [1.165, 1.54) is 11.8 Å². The number of carbonyl (C=O) groups excluding carboxylic acids is 1. The highest BCUT2D eigenvalue weighted by Gasteiger charge is 2.12. The zero-order valence-electron chi connectivity index (χ0n) is 11.1. The molecule has 9 nitrogen and oxygen atoms in total. The zero-order valence-corrected chi connectivity index (χ0v) is 12.7. The number of rotatable bonds is 5. The van der Waals surface area contributed by atoms with Gasteiger partial charge in [-0.1, -0.05) is 30.0 Å². The first-order chi connectivity index (χ1) is 10.7. The van der Waals surface area contributed by atoms with Crippen LogP contribution in [0.2, 0.25) is 0 Å². The minimum atomic E-state index is -0.259. The predicted octanol–water partition coefficient (Wildman–Crippen LogP) is 0.827. The van der Waals surface area contributed by atoms with Crippen molar-refractivity contribution in [2.75, 3.05) is 16.8 Å². The lowest BCUT2D eigenvalue weighted by Gasteiger charge is -2.03. The molecule has 0 atom stereocenters. The summed E-state index contributed by atoms with van der Waals surface area (Å²) in [6, 6.07) is 9.43. The Labute approximate surface area is 133 Å². The van der Waals surface area contributed by atoms with E-state index in [1.54, 1.807) is 4.68 Å². The van der Waals surface area contributed by atoms with E-state index in [0.717, 1.165) is 17.2 Å². The molecule has 0 aliphatic carbocycles. The van der Waals surface area contributed by atoms with E-state index in [0.29, 0.717) is 10.3 Å². The molecule has 0 saturated heterocycles. The van der Waals surface area contributed by atoms with Gasteiger partial charge in [0.1, 0.15) is 0 Å². The second-order valence-electron chi connectivity index (χ2n) is 4.00. The lowest BCUT2D eigenvalue weighted by Crippen LogP contribution is -2.15. The van der Waals surface area contributed by atoms with E-state index in [2.05, 4.69) is 30.2 Å². The van der Waals surface area contributed by atoms with Crippen LogP contribution >= 0.6 is 23.3 Å². The summed E-state index contributed by atoms with van der Waals surface area (Å²) in [6.45, 7) is 0. The Morgan fingerprint density at radius 1 is 1.36 bits per heavy atom. The maximum absolute atomic E-state index is 11.8. The maximum Gasteiger partial charge on any atom is 0.243 e. The van der Waals surface area contributed by atoms with Crippen molar-refractivity contribution in [1.29, 1.82) is 0 Å². The number of para-hydroxylation sites is 1. The number of nitrogen functional groups attached to an aromatic ring is 1. The molecule has 3 rings (SSSR count). The first kappa shape index (κ1) is 14.4. The molecule has 0 aliphatic heterocycles. The number of nitrogens with two attached hydrogens (primary N) is 1. The van der Waals surface area contributed by atoms with E-state index >= 15 is 0 Å². The molecule has 11 heteroatoms. The molecule has 3 aromatic rings. The van der Waals surface area contributed by atoms with Crippen LogP contribution in [-0.4, -0.2) is 41.2 Å². The van der Waals surface area contributed by atoms with E-state index < -0.39 is 0 Å². The van der Waals surface area contributed by atoms with E-state index in [4.69, 9.17) is 5.73 Å². The van der Waals surface area contributed by atoms with Crippen LogP contribution in [0.4, 0.5) is 11.1 Å². The van der Waals surface area contributed by atoms with Crippen molar-refractivity contribution >= 4 is 40.3 Å². The second-order valence-corrected chi connectivity index (χ2v) is 5.73. The molecular weight excluding hydrogens is 324 g/mol. The third-order valence-electron chi connectivity index (χ3n) is 2.47. The monoisotopic (exact) mass is 334 g/mol. The first-order valence-electron chi connectivity index (χ1n) is 6.08. The largest absolute Gasteiger partial charge is 0.374 e. The molecule has 0 aliphatic rings. The number of tetrazole rings is 1. The predicted molar refractivity (Wildman–Crippen MR) is 82.8 cm³/mol. The lowest BCUT2D eigenvalue weighted by atomic mass is 10.3. The van der Waals surface area contributed by atoms with Gasteiger partial charge in [0, 0.05) is 11.5 Å². The Hall–Kier alpha value is -2.53. The Morgan fingerprint density at radius 3 is 2.91 bits per heavy atom. The fraction of sp³-hybridized carbons (Fsp3) is 0.0909. The summed E-state index contributed by atoms with van der Waals surface area (Å²) in [5.41, 5.74) is 6.27. The molecule has 0 bridgehead atoms. The molecule has 0 unspecified atom stereocenters. The van der Waals surface area contributed by atoms with Crippen LogP contribution < -0.4 is 11.1 Å². The van der Waals surface area contributed by atoms with Crippen LogP contribution in [0.3, 0.4) is 0 Å². The van der Waals surface area contributed by atoms with Gasteiger partial charge in [0.2, 0.25) is 22.1 Å². The summed E-state index contributed by atoms with van der Waals surface area (Å²) in [5.74, 6) is 0.0768. The van der Waals surface area contributed by atoms with Gasteiger partial charge in [-0.2, -0.15) is 14.0 Å². The Kier molecular flexibility index (Phi) is 4.25. The molecule has 0 saturated carbocycles. The van der Waals surface area contributed by atoms with Crippen molar-refractivity contribution in [3.63, 3.8) is 0 Å². The smallest absolute Gasteiger partial charge is 0.243 e. The highest BCUT2D eigenvalue weighted by Crippen LogP contribution is 2.18. The van der Waals surface area contributed by atoms with Gasteiger partial charge < -0.3 is 5.73 Å². The van der Waals surface area contributed by atoms with Crippen molar-refractivity contribution < 1.29 is 4.79 Å². The number of nitrogens with one attached hydrogen (secondary N) is 1. The number of hydrogen-bond acceptors (Lipinski definition) is 9. The van der Waals surface area contributed by atoms with Gasteiger partial charge in [-0.25, -0.2) is 0 Å². The van der Waals surface area contributed by atoms with Crippen LogP contribution in [0.15, 0.2) is 35.5 Å². The molecule has 1 amide bonds. The summed E-state index contributed by atoms with van der Waals surface area (Å²) < 4.78 is 5.45. The van der Waals surface area contributed by atoms with Crippen molar-refractivity contribution in [1.82, 2.24) is 29.6 Å². The average molecular weight is 334 g/mol. The van der Waals surface area contributed by atoms with Crippen LogP contribution in [0.1, 0.15) is 0 Å². The molecule has 112 valence electrons. The minimum absolute atomic E-state index is 0.131. The lowest BCUT2D eigenvalue weighted by molar-refractivity contribution is -0.113. The normalized spacial score (nSPS) is 10.5. The average Bonchev–Trinajstić information content (AvgIpc) is 3.15. The molecule has 0 spiro atoms. The van der Waals surface area contributed by atoms with Crippen molar-refractivity contribution in [3.8, 4) is 5.69 Å². The molecule has 2 heterocycles. The summed E-state index contributed by atoms with van der Waals surface area (Å²) in [5, 5.41) is 14.8. The number of carbonyl (C=O) groups is 1. The number of anilines is 2. The van der Waals surface area contributed by atoms with Gasteiger partial charge in [0.25, 0.3) is 0 Å². The third kappa shape index (κ3) is 3.38. The summed E-state index contributed by atoms with van der Waals surface area (Å²) in [4.78, 5) is 15.7. The van der Waals surface area contributed by atoms with Gasteiger partial charge in [0.05, 0.1) is 11.4 Å². The van der Waals surface area contributed by atoms with E-state index in [9.17, 15) is 4.79 Å². The van der Waals surface area contributed by atoms with Crippen LogP contribution in [0.5, 0.6) is 0 Å². The first-order valence-corrected chi connectivity index (χ1v) is 7.84. The second kappa shape index (κ2) is 6.49. The summed E-state index contributed by atoms with van der Waals surface area (Å²) >= 11 is 2.23. The minimum Gasteiger partial charge on any atom is -0.374 e. The van der Waals surface area contributed by atoms with Gasteiger partial charge in [-0.15, -0.1) is 5.10 Å². The Bertz CT molecular complexity index is 771. The topological polar surface area (TPSA) is 124 Å². The molecule has 3 N–H and O–H groups in total. The fourth-order valence-corrected chi connectivity index (χ4v) is 2.66. The third-order valence-corrected chi connectivity index (χ3v) is 3.93. The van der Waals surface area contributed by atoms with E-state index in [1.807, 2.05) is 30.3 Å². The number of benzene rings is 1. The summed E-state index contributed by atoms with van der Waals surface area (Å²) in [7, 11) is 0. The highest BCUT2D eigenvalue weighted by atomic mass is 32.2. The van der Waals surface area contributed by atoms with E-state index in [-0.39, 0.29) is 17.6 Å². The maximum atomic E-state index is 11.8. The number of aromatic nitrogens is 6. The quantitative estimate of drug-likeness (QED) is 0.657. The molecule has 22 heavy (non-hydrogen) atoms. The number of nitrogens with zero attached hydrogens (tertiary/aromatic N) is 6. The number of thioether (sulfide) groups is 1. The van der Waals surface area contributed by atoms with Crippen LogP contribution in [0, 0.1) is 0 Å². The van der Waals surface area contributed by atoms with Gasteiger partial charge >= 0.3 is 0 Å². The molecule has 0 radical (unpaired) electrons. The number of amides is 1. The van der Waals surface area contributed by atoms with Gasteiger partial charge in [-0.05, 0) is 22.6 Å². The highest BCUT2D eigenvalue weighted by molar-refractivity contribution is 7.99. The SMILES string of the molecule is Nc1nc(NC(=O)CSc2nnnn2-c2ccccc2)ns1.